The fourth-order valence-corrected chi connectivity index (χ4v) is 5.01. The number of likely N-dealkylation sites (tertiary alicyclic amines) is 1. The number of fused-ring (bicyclic) bond motifs is 1. The number of carbonyl (C=O) groups is 1. The SMILES string of the molecule is CN(C)C[C@H]1[C@H]2CN(C(=O)Cc3c(F)cccc3F)C[C@]23CC[C@H]1O3. The molecular weight excluding hydrogens is 326 g/mol. The Morgan fingerprint density at radius 2 is 2.08 bits per heavy atom. The van der Waals surface area contributed by atoms with Crippen molar-refractivity contribution in [1.29, 1.82) is 0 Å². The summed E-state index contributed by atoms with van der Waals surface area (Å²) in [4.78, 5) is 16.6. The van der Waals surface area contributed by atoms with Gasteiger partial charge in [-0.2, -0.15) is 0 Å². The van der Waals surface area contributed by atoms with Crippen LogP contribution in [0.5, 0.6) is 0 Å². The van der Waals surface area contributed by atoms with Crippen molar-refractivity contribution in [1.82, 2.24) is 9.80 Å². The van der Waals surface area contributed by atoms with Gasteiger partial charge in [0, 0.05) is 30.5 Å². The van der Waals surface area contributed by atoms with Crippen molar-refractivity contribution in [3.63, 3.8) is 0 Å². The molecule has 4 nitrogen and oxygen atoms in total. The van der Waals surface area contributed by atoms with Crippen molar-refractivity contribution in [3.05, 3.63) is 35.4 Å². The van der Waals surface area contributed by atoms with Crippen molar-refractivity contribution in [2.45, 2.75) is 31.0 Å². The normalized spacial score (nSPS) is 33.3. The van der Waals surface area contributed by atoms with Crippen molar-refractivity contribution >= 4 is 5.91 Å². The maximum atomic E-state index is 13.8. The monoisotopic (exact) mass is 350 g/mol. The van der Waals surface area contributed by atoms with Crippen molar-refractivity contribution in [2.75, 3.05) is 33.7 Å². The number of hydrogen-bond donors (Lipinski definition) is 0. The van der Waals surface area contributed by atoms with Gasteiger partial charge in [-0.1, -0.05) is 6.07 Å². The second kappa shape index (κ2) is 6.02. The number of amides is 1. The molecule has 0 unspecified atom stereocenters. The van der Waals surface area contributed by atoms with E-state index in [-0.39, 0.29) is 29.6 Å². The Bertz CT molecular complexity index is 676. The van der Waals surface area contributed by atoms with Crippen molar-refractivity contribution < 1.29 is 18.3 Å². The third-order valence-electron chi connectivity index (χ3n) is 6.10. The summed E-state index contributed by atoms with van der Waals surface area (Å²) in [5.41, 5.74) is -0.383. The molecule has 1 aromatic carbocycles. The molecule has 4 rings (SSSR count). The summed E-state index contributed by atoms with van der Waals surface area (Å²) in [5, 5.41) is 0. The van der Waals surface area contributed by atoms with Crippen LogP contribution in [0.4, 0.5) is 8.78 Å². The minimum Gasteiger partial charge on any atom is -0.369 e. The molecule has 0 radical (unpaired) electrons. The van der Waals surface area contributed by atoms with Crippen LogP contribution in [0.15, 0.2) is 18.2 Å². The summed E-state index contributed by atoms with van der Waals surface area (Å²) in [7, 11) is 4.11. The van der Waals surface area contributed by atoms with Crippen LogP contribution in [-0.4, -0.2) is 61.1 Å². The zero-order valence-electron chi connectivity index (χ0n) is 14.7. The highest BCUT2D eigenvalue weighted by atomic mass is 19.1. The van der Waals surface area contributed by atoms with E-state index in [0.717, 1.165) is 19.4 Å². The summed E-state index contributed by atoms with van der Waals surface area (Å²) < 4.78 is 34.0. The van der Waals surface area contributed by atoms with Gasteiger partial charge in [-0.3, -0.25) is 4.79 Å². The molecule has 3 aliphatic heterocycles. The Labute approximate surface area is 146 Å². The van der Waals surface area contributed by atoms with Gasteiger partial charge >= 0.3 is 0 Å². The molecule has 3 saturated heterocycles. The first-order chi connectivity index (χ1) is 11.9. The van der Waals surface area contributed by atoms with Crippen LogP contribution in [0.25, 0.3) is 0 Å². The lowest BCUT2D eigenvalue weighted by Crippen LogP contribution is -2.40. The maximum Gasteiger partial charge on any atom is 0.227 e. The van der Waals surface area contributed by atoms with E-state index in [9.17, 15) is 13.6 Å². The van der Waals surface area contributed by atoms with Crippen molar-refractivity contribution in [3.8, 4) is 0 Å². The number of nitrogens with zero attached hydrogens (tertiary/aromatic N) is 2. The van der Waals surface area contributed by atoms with Crippen LogP contribution in [0.2, 0.25) is 0 Å². The topological polar surface area (TPSA) is 32.8 Å². The van der Waals surface area contributed by atoms with Gasteiger partial charge in [0.15, 0.2) is 0 Å². The lowest BCUT2D eigenvalue weighted by molar-refractivity contribution is -0.131. The van der Waals surface area contributed by atoms with Crippen LogP contribution >= 0.6 is 0 Å². The summed E-state index contributed by atoms with van der Waals surface area (Å²) in [6.45, 7) is 2.12. The van der Waals surface area contributed by atoms with E-state index in [1.54, 1.807) is 4.90 Å². The Hall–Kier alpha value is -1.53. The summed E-state index contributed by atoms with van der Waals surface area (Å²) in [6.07, 6.45) is 2.07. The molecule has 1 amide bonds. The molecule has 1 spiro atoms. The van der Waals surface area contributed by atoms with Gasteiger partial charge in [0.25, 0.3) is 0 Å². The Balaban J connectivity index is 1.49. The van der Waals surface area contributed by atoms with Gasteiger partial charge in [0.05, 0.1) is 24.7 Å². The number of halogens is 2. The molecule has 136 valence electrons. The lowest BCUT2D eigenvalue weighted by atomic mass is 9.73. The standard InChI is InChI=1S/C19H24F2N2O2/c1-22(2)9-13-14-10-23(11-19(14)7-6-17(13)25-19)18(24)8-12-15(20)4-3-5-16(12)21/h3-5,13-14,17H,6-11H2,1-2H3/t13-,14+,17+,19+/m0/s1. The number of carbonyl (C=O) groups excluding carboxylic acids is 1. The van der Waals surface area contributed by atoms with Gasteiger partial charge in [-0.25, -0.2) is 8.78 Å². The average molecular weight is 350 g/mol. The molecular formula is C19H24F2N2O2. The van der Waals surface area contributed by atoms with Crippen LogP contribution in [0.3, 0.4) is 0 Å². The highest BCUT2D eigenvalue weighted by Crippen LogP contribution is 2.54. The molecule has 3 aliphatic rings. The zero-order chi connectivity index (χ0) is 17.8. The minimum absolute atomic E-state index is 0.142. The molecule has 6 heteroatoms. The molecule has 3 heterocycles. The summed E-state index contributed by atoms with van der Waals surface area (Å²) in [5.74, 6) is -0.791. The van der Waals surface area contributed by atoms with Crippen LogP contribution in [0.1, 0.15) is 18.4 Å². The summed E-state index contributed by atoms with van der Waals surface area (Å²) >= 11 is 0. The average Bonchev–Trinajstić information content (AvgIpc) is 3.20. The molecule has 1 aromatic rings. The molecule has 2 bridgehead atoms. The van der Waals surface area contributed by atoms with Gasteiger partial charge in [-0.05, 0) is 39.1 Å². The van der Waals surface area contributed by atoms with Gasteiger partial charge in [0.1, 0.15) is 11.6 Å². The summed E-state index contributed by atoms with van der Waals surface area (Å²) in [6, 6.07) is 3.71. The fraction of sp³-hybridized carbons (Fsp3) is 0.632. The molecule has 0 aliphatic carbocycles. The quantitative estimate of drug-likeness (QED) is 0.834. The minimum atomic E-state index is -0.659. The largest absolute Gasteiger partial charge is 0.369 e. The maximum absolute atomic E-state index is 13.8. The first-order valence-corrected chi connectivity index (χ1v) is 8.93. The fourth-order valence-electron chi connectivity index (χ4n) is 5.01. The Morgan fingerprint density at radius 3 is 2.76 bits per heavy atom. The Morgan fingerprint density at radius 1 is 1.36 bits per heavy atom. The van der Waals surface area contributed by atoms with E-state index in [2.05, 4.69) is 19.0 Å². The first kappa shape index (κ1) is 16.9. The van der Waals surface area contributed by atoms with E-state index in [1.165, 1.54) is 18.2 Å². The highest BCUT2D eigenvalue weighted by molar-refractivity contribution is 5.79. The molecule has 0 aromatic heterocycles. The second-order valence-electron chi connectivity index (χ2n) is 7.94. The van der Waals surface area contributed by atoms with Gasteiger partial charge in [0.2, 0.25) is 5.91 Å². The van der Waals surface area contributed by atoms with Crippen LogP contribution in [0, 0.1) is 23.5 Å². The predicted octanol–water partition coefficient (Wildman–Crippen LogP) is 2.07. The molecule has 4 atom stereocenters. The second-order valence-corrected chi connectivity index (χ2v) is 7.94. The molecule has 0 N–H and O–H groups in total. The van der Waals surface area contributed by atoms with Gasteiger partial charge in [-0.15, -0.1) is 0 Å². The number of rotatable bonds is 4. The smallest absolute Gasteiger partial charge is 0.227 e. The zero-order valence-corrected chi connectivity index (χ0v) is 14.7. The van der Waals surface area contributed by atoms with Gasteiger partial charge < -0.3 is 14.5 Å². The number of benzene rings is 1. The molecule has 25 heavy (non-hydrogen) atoms. The predicted molar refractivity (Wildman–Crippen MR) is 89.0 cm³/mol. The van der Waals surface area contributed by atoms with E-state index in [4.69, 9.17) is 4.74 Å². The molecule has 3 fully saturated rings. The highest BCUT2D eigenvalue weighted by Gasteiger charge is 2.63. The van der Waals surface area contributed by atoms with Crippen LogP contribution < -0.4 is 0 Å². The lowest BCUT2D eigenvalue weighted by Gasteiger charge is -2.30. The first-order valence-electron chi connectivity index (χ1n) is 8.93. The van der Waals surface area contributed by atoms with E-state index in [0.29, 0.717) is 24.9 Å². The van der Waals surface area contributed by atoms with E-state index < -0.39 is 11.6 Å². The number of ether oxygens (including phenoxy) is 1. The third kappa shape index (κ3) is 2.75. The van der Waals surface area contributed by atoms with Crippen LogP contribution in [-0.2, 0) is 16.0 Å². The number of hydrogen-bond acceptors (Lipinski definition) is 3. The third-order valence-corrected chi connectivity index (χ3v) is 6.10. The van der Waals surface area contributed by atoms with Crippen molar-refractivity contribution in [2.24, 2.45) is 11.8 Å². The molecule has 0 saturated carbocycles. The van der Waals surface area contributed by atoms with E-state index in [1.807, 2.05) is 0 Å². The Kier molecular flexibility index (Phi) is 4.07. The van der Waals surface area contributed by atoms with E-state index >= 15 is 0 Å².